The molecule has 6 atom stereocenters. The average molecular weight is 959 g/mol. The van der Waals surface area contributed by atoms with Crippen LogP contribution in [0.5, 0.6) is 0 Å². The molecule has 320 valence electrons. The smallest absolute Gasteiger partial charge is 0.424 e. The number of ether oxygens (including phenoxy) is 1. The van der Waals surface area contributed by atoms with Crippen molar-refractivity contribution in [2.24, 2.45) is 5.92 Å². The van der Waals surface area contributed by atoms with Gasteiger partial charge in [-0.1, -0.05) is 77.5 Å². The first-order chi connectivity index (χ1) is 27.7. The molecular weight excluding hydrogens is 905 g/mol. The summed E-state index contributed by atoms with van der Waals surface area (Å²) in [7, 11) is -3.09. The fourth-order valence-corrected chi connectivity index (χ4v) is 11.8. The van der Waals surface area contributed by atoms with Crippen LogP contribution < -0.4 is 0 Å². The van der Waals surface area contributed by atoms with E-state index in [0.29, 0.717) is 47.4 Å². The number of nitrogens with zero attached hydrogens (tertiary/aromatic N) is 1. The molecule has 17 heteroatoms. The van der Waals surface area contributed by atoms with Gasteiger partial charge in [-0.3, -0.25) is 0 Å². The highest BCUT2D eigenvalue weighted by Gasteiger charge is 2.40. The molecule has 0 aromatic heterocycles. The van der Waals surface area contributed by atoms with Crippen molar-refractivity contribution in [3.63, 3.8) is 0 Å². The van der Waals surface area contributed by atoms with E-state index in [1.165, 1.54) is 46.5 Å². The number of rotatable bonds is 12. The highest BCUT2D eigenvalue weighted by atomic mass is 35.5. The Labute approximate surface area is 367 Å². The van der Waals surface area contributed by atoms with Gasteiger partial charge in [-0.2, -0.15) is 4.31 Å². The molecule has 0 radical (unpaired) electrons. The van der Waals surface area contributed by atoms with Crippen LogP contribution in [0.4, 0.5) is 4.79 Å². The zero-order valence-electron chi connectivity index (χ0n) is 33.9. The molecule has 0 heterocycles. The number of hydrogen-bond acceptors (Lipinski definition) is 8. The topological polar surface area (TPSA) is 116 Å². The number of benzene rings is 4. The molecule has 0 aliphatic heterocycles. The fourth-order valence-electron chi connectivity index (χ4n) is 7.30. The summed E-state index contributed by atoms with van der Waals surface area (Å²) in [6, 6.07) is 24.0. The van der Waals surface area contributed by atoms with Gasteiger partial charge in [-0.05, 0) is 160 Å². The lowest BCUT2D eigenvalue weighted by molar-refractivity contribution is 0.0329. The summed E-state index contributed by atoms with van der Waals surface area (Å²) in [6.45, 7) is 10.4. The van der Waals surface area contributed by atoms with Crippen LogP contribution in [-0.4, -0.2) is 58.0 Å². The third kappa shape index (κ3) is 13.6. The van der Waals surface area contributed by atoms with E-state index in [2.05, 4.69) is 36.7 Å². The van der Waals surface area contributed by atoms with Crippen molar-refractivity contribution < 1.29 is 35.4 Å². The molecule has 6 unspecified atom stereocenters. The third-order valence-corrected chi connectivity index (χ3v) is 16.2. The minimum Gasteiger partial charge on any atom is -0.443 e. The number of fused-ring (bicyclic) bond motifs is 2. The van der Waals surface area contributed by atoms with E-state index in [1.54, 1.807) is 45.0 Å². The van der Waals surface area contributed by atoms with Gasteiger partial charge in [0.15, 0.2) is 9.84 Å². The van der Waals surface area contributed by atoms with Crippen molar-refractivity contribution in [1.82, 2.24) is 4.31 Å². The molecule has 2 aliphatic rings. The predicted molar refractivity (Wildman–Crippen MR) is 249 cm³/mol. The maximum Gasteiger partial charge on any atom is 0.424 e. The van der Waals surface area contributed by atoms with E-state index in [4.69, 9.17) is 37.0 Å². The second kappa shape index (κ2) is 21.1. The van der Waals surface area contributed by atoms with E-state index in [-0.39, 0.29) is 16.6 Å². The van der Waals surface area contributed by atoms with Crippen molar-refractivity contribution in [1.29, 1.82) is 0 Å². The molecule has 0 saturated heterocycles. The lowest BCUT2D eigenvalue weighted by Crippen LogP contribution is -2.49. The Bertz CT molecular complexity index is 2290. The van der Waals surface area contributed by atoms with Crippen LogP contribution in [0.1, 0.15) is 67.0 Å². The van der Waals surface area contributed by atoms with Gasteiger partial charge in [0, 0.05) is 25.7 Å². The van der Waals surface area contributed by atoms with Crippen molar-refractivity contribution in [3.8, 4) is 0 Å². The number of amides is 1. The van der Waals surface area contributed by atoms with Gasteiger partial charge in [-0.15, -0.1) is 0 Å². The number of halogens is 2. The van der Waals surface area contributed by atoms with Crippen LogP contribution in [0.15, 0.2) is 94.7 Å². The summed E-state index contributed by atoms with van der Waals surface area (Å²) in [5.74, 6) is 0.324. The lowest BCUT2D eigenvalue weighted by Gasteiger charge is -2.36. The largest absolute Gasteiger partial charge is 0.443 e. The molecule has 4 aromatic carbocycles. The van der Waals surface area contributed by atoms with Gasteiger partial charge in [0.2, 0.25) is 0 Å². The lowest BCUT2D eigenvalue weighted by atomic mass is 9.83. The normalized spacial score (nSPS) is 17.7. The number of sulfone groups is 1. The van der Waals surface area contributed by atoms with Crippen molar-refractivity contribution >= 4 is 82.7 Å². The van der Waals surface area contributed by atoms with Crippen LogP contribution >= 0.6 is 56.7 Å². The molecule has 59 heavy (non-hydrogen) atoms. The number of sulfonamides is 1. The average Bonchev–Trinajstić information content (AvgIpc) is 3.15. The minimum absolute atomic E-state index is 0.00227. The van der Waals surface area contributed by atoms with Gasteiger partial charge < -0.3 is 13.8 Å². The highest BCUT2D eigenvalue weighted by Crippen LogP contribution is 2.43. The van der Waals surface area contributed by atoms with Gasteiger partial charge in [-0.25, -0.2) is 21.6 Å². The molecule has 0 bridgehead atoms. The van der Waals surface area contributed by atoms with E-state index in [1.807, 2.05) is 30.9 Å². The number of carbonyl (C=O) groups excluding carboxylic acids is 1. The Morgan fingerprint density at radius 2 is 1.20 bits per heavy atom. The molecule has 0 saturated carbocycles. The minimum atomic E-state index is -4.15. The predicted octanol–water partition coefficient (Wildman–Crippen LogP) is 11.4. The fraction of sp³-hybridized carbons (Fsp3) is 0.405. The molecule has 6 rings (SSSR count). The van der Waals surface area contributed by atoms with E-state index >= 15 is 0 Å². The first-order valence-corrected chi connectivity index (χ1v) is 29.7. The monoisotopic (exact) mass is 957 g/mol. The van der Waals surface area contributed by atoms with E-state index in [9.17, 15) is 21.6 Å². The van der Waals surface area contributed by atoms with E-state index in [0.717, 1.165) is 34.7 Å². The first kappa shape index (κ1) is 48.3. The maximum atomic E-state index is 13.6. The Morgan fingerprint density at radius 3 is 1.69 bits per heavy atom. The summed E-state index contributed by atoms with van der Waals surface area (Å²) in [4.78, 5) is 13.5. The SMILES string of the molecule is CP(P)OCc1cccc2c1CCC(CS(=O)(=O)c1ccc(Cl)cc1)C2.CP(P)OCc1cccc2c1CCC(N(C(=O)OC(C)(C)C)S(=O)(=O)c1ccc(Cl)cc1)C2. The Morgan fingerprint density at radius 1 is 0.729 bits per heavy atom. The quantitative estimate of drug-likeness (QED) is 0.129. The second-order valence-electron chi connectivity index (χ2n) is 15.7. The molecule has 4 aromatic rings. The Hall–Kier alpha value is -1.73. The molecule has 0 spiro atoms. The summed E-state index contributed by atoms with van der Waals surface area (Å²) in [5.41, 5.74) is 6.30. The zero-order valence-corrected chi connectivity index (χ0v) is 41.2. The molecule has 2 aliphatic carbocycles. The summed E-state index contributed by atoms with van der Waals surface area (Å²) >= 11 is 11.8. The maximum absolute atomic E-state index is 13.6. The van der Waals surface area contributed by atoms with Gasteiger partial charge >= 0.3 is 6.09 Å². The molecule has 0 fully saturated rings. The zero-order chi connectivity index (χ0) is 43.1. The number of carbonyl (C=O) groups is 1. The standard InChI is InChI=1S/C23H30ClNO5P2S.C19H23ClO3P2S/c1-23(2,3)30-22(26)25(33(27,28)20-11-8-18(24)9-12-20)19-10-13-21-16(14-19)6-5-7-17(21)15-29-32(4)31;1-25(24)23-12-16-4-2-3-15-11-14(5-10-19(15)16)13-26(21,22)18-8-6-17(20)7-9-18/h5-9,11-12,19H,10,13-15,31H2,1-4H3;2-4,6-9,14H,5,10-13,24H2,1H3. The summed E-state index contributed by atoms with van der Waals surface area (Å²) < 4.78 is 70.6. The number of hydrogen-bond donors (Lipinski definition) is 0. The van der Waals surface area contributed by atoms with E-state index < -0.39 is 53.3 Å². The van der Waals surface area contributed by atoms with Crippen LogP contribution in [0.3, 0.4) is 0 Å². The van der Waals surface area contributed by atoms with Crippen molar-refractivity contribution in [2.75, 3.05) is 19.1 Å². The highest BCUT2D eigenvalue weighted by molar-refractivity contribution is 8.10. The third-order valence-electron chi connectivity index (χ3n) is 9.99. The summed E-state index contributed by atoms with van der Waals surface area (Å²) in [5, 5.41) is 0.965. The molecular formula is C42H53Cl2NO8P4S2. The van der Waals surface area contributed by atoms with Crippen LogP contribution in [-0.2, 0) is 72.5 Å². The first-order valence-electron chi connectivity index (χ1n) is 19.2. The second-order valence-corrected chi connectivity index (χ2v) is 27.5. The van der Waals surface area contributed by atoms with Crippen LogP contribution in [0.2, 0.25) is 10.0 Å². The van der Waals surface area contributed by atoms with Crippen molar-refractivity contribution in [3.05, 3.63) is 128 Å². The Kier molecular flexibility index (Phi) is 17.3. The van der Waals surface area contributed by atoms with Gasteiger partial charge in [0.25, 0.3) is 10.0 Å². The van der Waals surface area contributed by atoms with Gasteiger partial charge in [0.1, 0.15) is 5.60 Å². The molecule has 9 nitrogen and oxygen atoms in total. The van der Waals surface area contributed by atoms with Crippen LogP contribution in [0, 0.1) is 5.92 Å². The molecule has 0 N–H and O–H groups in total. The van der Waals surface area contributed by atoms with Gasteiger partial charge in [0.05, 0.1) is 34.8 Å². The van der Waals surface area contributed by atoms with Crippen molar-refractivity contribution in [2.45, 2.75) is 93.9 Å². The molecule has 1 amide bonds. The summed E-state index contributed by atoms with van der Waals surface area (Å²) in [6.07, 6.45) is 3.29. The Balaban J connectivity index is 0.000000230. The van der Waals surface area contributed by atoms with Crippen LogP contribution in [0.25, 0.3) is 0 Å².